The highest BCUT2D eigenvalue weighted by Crippen LogP contribution is 2.24. The van der Waals surface area contributed by atoms with Gasteiger partial charge >= 0.3 is 5.97 Å². The Morgan fingerprint density at radius 2 is 2.21 bits per heavy atom. The first-order valence-electron chi connectivity index (χ1n) is 8.00. The van der Waals surface area contributed by atoms with Crippen molar-refractivity contribution < 1.29 is 9.53 Å². The summed E-state index contributed by atoms with van der Waals surface area (Å²) in [6.45, 7) is 6.35. The number of carbonyl (C=O) groups is 1. The third-order valence-electron chi connectivity index (χ3n) is 3.72. The van der Waals surface area contributed by atoms with E-state index in [4.69, 9.17) is 10.5 Å². The molecule has 6 heteroatoms. The molecule has 0 aliphatic rings. The molecule has 0 saturated carbocycles. The molecule has 2 rings (SSSR count). The molecule has 2 aromatic rings. The third-order valence-corrected chi connectivity index (χ3v) is 3.72. The van der Waals surface area contributed by atoms with E-state index in [0.29, 0.717) is 35.0 Å². The first-order chi connectivity index (χ1) is 11.5. The van der Waals surface area contributed by atoms with Gasteiger partial charge in [0, 0.05) is 6.20 Å². The highest BCUT2D eigenvalue weighted by Gasteiger charge is 2.13. The van der Waals surface area contributed by atoms with Crippen molar-refractivity contribution in [1.29, 1.82) is 5.26 Å². The summed E-state index contributed by atoms with van der Waals surface area (Å²) in [7, 11) is 0. The van der Waals surface area contributed by atoms with Crippen molar-refractivity contribution in [3.63, 3.8) is 0 Å². The number of esters is 1. The second kappa shape index (κ2) is 7.64. The number of hydrogen-bond acceptors (Lipinski definition) is 5. The fraction of sp³-hybridized carbons (Fsp3) is 0.389. The van der Waals surface area contributed by atoms with E-state index in [-0.39, 0.29) is 0 Å². The summed E-state index contributed by atoms with van der Waals surface area (Å²) in [5.74, 6) is 0.124. The zero-order valence-corrected chi connectivity index (χ0v) is 14.2. The van der Waals surface area contributed by atoms with E-state index in [0.717, 1.165) is 18.4 Å². The Morgan fingerprint density at radius 3 is 2.83 bits per heavy atom. The molecule has 0 fully saturated rings. The van der Waals surface area contributed by atoms with E-state index in [1.54, 1.807) is 23.9 Å². The molecule has 0 bridgehead atoms. The number of ether oxygens (including phenoxy) is 1. The lowest BCUT2D eigenvalue weighted by atomic mass is 9.98. The van der Waals surface area contributed by atoms with Crippen LogP contribution in [0.2, 0.25) is 0 Å². The maximum Gasteiger partial charge on any atom is 0.341 e. The first-order valence-corrected chi connectivity index (χ1v) is 8.00. The minimum absolute atomic E-state index is 0.309. The number of nitrogens with two attached hydrogens (primary N) is 1. The number of hydrogen-bond donors (Lipinski definition) is 1. The largest absolute Gasteiger partial charge is 0.462 e. The predicted molar refractivity (Wildman–Crippen MR) is 91.8 cm³/mol. The maximum absolute atomic E-state index is 11.8. The van der Waals surface area contributed by atoms with Gasteiger partial charge in [-0.25, -0.2) is 9.48 Å². The van der Waals surface area contributed by atoms with Gasteiger partial charge in [-0.2, -0.15) is 10.4 Å². The molecule has 0 aliphatic carbocycles. The lowest BCUT2D eigenvalue weighted by molar-refractivity contribution is 0.0526. The summed E-state index contributed by atoms with van der Waals surface area (Å²) in [4.78, 5) is 11.8. The maximum atomic E-state index is 11.8. The molecular formula is C18H22N4O2. The number of carbonyl (C=O) groups excluding carboxylic acids is 1. The summed E-state index contributed by atoms with van der Waals surface area (Å²) in [6.07, 6.45) is 4.81. The van der Waals surface area contributed by atoms with Crippen molar-refractivity contribution >= 4 is 11.7 Å². The van der Waals surface area contributed by atoms with Gasteiger partial charge in [-0.3, -0.25) is 0 Å². The van der Waals surface area contributed by atoms with Crippen LogP contribution in [-0.2, 0) is 11.2 Å². The molecule has 0 amide bonds. The monoisotopic (exact) mass is 326 g/mol. The Morgan fingerprint density at radius 1 is 1.46 bits per heavy atom. The normalized spacial score (nSPS) is 10.6. The molecule has 2 N–H and O–H groups in total. The van der Waals surface area contributed by atoms with Crippen molar-refractivity contribution in [2.75, 3.05) is 12.3 Å². The van der Waals surface area contributed by atoms with E-state index in [1.807, 2.05) is 6.07 Å². The zero-order valence-electron chi connectivity index (χ0n) is 14.2. The van der Waals surface area contributed by atoms with Gasteiger partial charge in [-0.05, 0) is 43.4 Å². The Balaban J connectivity index is 2.38. The van der Waals surface area contributed by atoms with E-state index < -0.39 is 5.97 Å². The van der Waals surface area contributed by atoms with Gasteiger partial charge in [0.05, 0.1) is 35.3 Å². The number of nitriles is 1. The van der Waals surface area contributed by atoms with Crippen LogP contribution >= 0.6 is 0 Å². The first kappa shape index (κ1) is 17.5. The number of aryl methyl sites for hydroxylation is 1. The standard InChI is InChI=1S/C18H22N4O2/c1-4-24-18(23)15-10-21-22(11-15)16-7-13(6-5-12(2)3)17(20)14(8-16)9-19/h7-8,10-12H,4-6,20H2,1-3H3. The number of nitrogen functional groups attached to an aromatic ring is 1. The molecule has 1 aromatic carbocycles. The molecule has 1 heterocycles. The second-order valence-electron chi connectivity index (χ2n) is 6.00. The van der Waals surface area contributed by atoms with Crippen LogP contribution in [0.25, 0.3) is 5.69 Å². The SMILES string of the molecule is CCOC(=O)c1cnn(-c2cc(C#N)c(N)c(CCC(C)C)c2)c1. The lowest BCUT2D eigenvalue weighted by Gasteiger charge is -2.12. The Hall–Kier alpha value is -2.81. The lowest BCUT2D eigenvalue weighted by Crippen LogP contribution is -2.05. The molecular weight excluding hydrogens is 304 g/mol. The Bertz CT molecular complexity index is 772. The Kier molecular flexibility index (Phi) is 5.59. The van der Waals surface area contributed by atoms with Crippen LogP contribution in [-0.4, -0.2) is 22.4 Å². The van der Waals surface area contributed by atoms with E-state index in [9.17, 15) is 10.1 Å². The molecule has 0 spiro atoms. The molecule has 0 saturated heterocycles. The minimum atomic E-state index is -0.417. The van der Waals surface area contributed by atoms with Crippen LogP contribution in [0.3, 0.4) is 0 Å². The van der Waals surface area contributed by atoms with Gasteiger partial charge in [0.15, 0.2) is 0 Å². The number of nitrogens with zero attached hydrogens (tertiary/aromatic N) is 3. The van der Waals surface area contributed by atoms with Crippen molar-refractivity contribution in [2.45, 2.75) is 33.6 Å². The van der Waals surface area contributed by atoms with Gasteiger partial charge in [-0.1, -0.05) is 13.8 Å². The van der Waals surface area contributed by atoms with Crippen LogP contribution in [0.1, 0.15) is 48.7 Å². The average Bonchev–Trinajstić information content (AvgIpc) is 3.04. The van der Waals surface area contributed by atoms with Gasteiger partial charge < -0.3 is 10.5 Å². The fourth-order valence-electron chi connectivity index (χ4n) is 2.36. The molecule has 0 unspecified atom stereocenters. The van der Waals surface area contributed by atoms with E-state index >= 15 is 0 Å². The molecule has 0 aliphatic heterocycles. The molecule has 6 nitrogen and oxygen atoms in total. The quantitative estimate of drug-likeness (QED) is 0.650. The van der Waals surface area contributed by atoms with Crippen LogP contribution in [0.5, 0.6) is 0 Å². The number of anilines is 1. The molecule has 1 aromatic heterocycles. The van der Waals surface area contributed by atoms with Gasteiger partial charge in [0.25, 0.3) is 0 Å². The second-order valence-corrected chi connectivity index (χ2v) is 6.00. The predicted octanol–water partition coefficient (Wildman–Crippen LogP) is 3.09. The van der Waals surface area contributed by atoms with E-state index in [2.05, 4.69) is 25.0 Å². The zero-order chi connectivity index (χ0) is 17.7. The summed E-state index contributed by atoms with van der Waals surface area (Å²) in [6, 6.07) is 5.72. The van der Waals surface area contributed by atoms with Gasteiger partial charge in [-0.15, -0.1) is 0 Å². The number of aromatic nitrogens is 2. The molecule has 0 radical (unpaired) electrons. The van der Waals surface area contributed by atoms with E-state index in [1.165, 1.54) is 6.20 Å². The van der Waals surface area contributed by atoms with Crippen LogP contribution in [0.4, 0.5) is 5.69 Å². The molecule has 126 valence electrons. The average molecular weight is 326 g/mol. The number of benzene rings is 1. The molecule has 0 atom stereocenters. The van der Waals surface area contributed by atoms with Crippen molar-refractivity contribution in [3.8, 4) is 11.8 Å². The topological polar surface area (TPSA) is 93.9 Å². The number of rotatable bonds is 6. The highest BCUT2D eigenvalue weighted by atomic mass is 16.5. The summed E-state index contributed by atoms with van der Waals surface area (Å²) >= 11 is 0. The smallest absolute Gasteiger partial charge is 0.341 e. The minimum Gasteiger partial charge on any atom is -0.462 e. The summed E-state index contributed by atoms with van der Waals surface area (Å²) in [5, 5.41) is 13.5. The van der Waals surface area contributed by atoms with Crippen molar-refractivity contribution in [1.82, 2.24) is 9.78 Å². The molecule has 24 heavy (non-hydrogen) atoms. The van der Waals surface area contributed by atoms with Crippen LogP contribution < -0.4 is 5.73 Å². The summed E-state index contributed by atoms with van der Waals surface area (Å²) < 4.78 is 6.53. The van der Waals surface area contributed by atoms with Crippen LogP contribution in [0, 0.1) is 17.2 Å². The third kappa shape index (κ3) is 3.93. The van der Waals surface area contributed by atoms with Crippen molar-refractivity contribution in [2.24, 2.45) is 5.92 Å². The van der Waals surface area contributed by atoms with Gasteiger partial charge in [0.2, 0.25) is 0 Å². The highest BCUT2D eigenvalue weighted by molar-refractivity contribution is 5.88. The van der Waals surface area contributed by atoms with Crippen LogP contribution in [0.15, 0.2) is 24.5 Å². The Labute approximate surface area is 141 Å². The summed E-state index contributed by atoms with van der Waals surface area (Å²) in [5.41, 5.74) is 9.02. The van der Waals surface area contributed by atoms with Crippen molar-refractivity contribution in [3.05, 3.63) is 41.2 Å². The van der Waals surface area contributed by atoms with Gasteiger partial charge in [0.1, 0.15) is 6.07 Å². The fourth-order valence-corrected chi connectivity index (χ4v) is 2.36.